The largest absolute Gasteiger partial charge is 0.508 e. The summed E-state index contributed by atoms with van der Waals surface area (Å²) in [6.45, 7) is 9.05. The third kappa shape index (κ3) is 43.7. The molecular weight excluding hydrogens is 1200 g/mol. The number of ketones is 1. The summed E-state index contributed by atoms with van der Waals surface area (Å²) in [5.41, 5.74) is -0.686. The number of ether oxygens (including phenoxy) is 3. The fraction of sp³-hybridized carbons (Fsp3) is 0.782. The first kappa shape index (κ1) is 86.8. The summed E-state index contributed by atoms with van der Waals surface area (Å²) < 4.78 is 25.2. The predicted molar refractivity (Wildman–Crippen MR) is 409 cm³/mol. The lowest BCUT2D eigenvalue weighted by molar-refractivity contribution is -0.135. The molecule has 0 fully saturated rings. The van der Waals surface area contributed by atoms with E-state index in [1.54, 1.807) is 12.1 Å². The molecule has 0 radical (unpaired) electrons. The van der Waals surface area contributed by atoms with Crippen LogP contribution in [0.5, 0.6) is 23.0 Å². The van der Waals surface area contributed by atoms with Gasteiger partial charge in [-0.1, -0.05) is 387 Å². The highest BCUT2D eigenvalue weighted by Gasteiger charge is 2.31. The van der Waals surface area contributed by atoms with Crippen LogP contribution in [0.15, 0.2) is 39.5 Å². The molecule has 97 heavy (non-hydrogen) atoms. The fourth-order valence-corrected chi connectivity index (χ4v) is 13.8. The first-order valence-electron chi connectivity index (χ1n) is 41.8. The molecule has 10 nitrogen and oxygen atoms in total. The number of carbonyl (C=O) groups excluding carboxylic acids is 4. The van der Waals surface area contributed by atoms with Crippen LogP contribution < -0.4 is 19.6 Å². The summed E-state index contributed by atoms with van der Waals surface area (Å²) in [6, 6.07) is 7.44. The minimum atomic E-state index is -0.791. The van der Waals surface area contributed by atoms with E-state index in [1.165, 1.54) is 288 Å². The number of hydrogen-bond donors (Lipinski definition) is 1. The maximum absolute atomic E-state index is 15.4. The number of hydrogen-bond acceptors (Lipinski definition) is 10. The maximum Gasteiger partial charge on any atom is 0.311 e. The van der Waals surface area contributed by atoms with Crippen molar-refractivity contribution in [2.75, 3.05) is 0 Å². The normalized spacial score (nSPS) is 11.5. The summed E-state index contributed by atoms with van der Waals surface area (Å²) in [7, 11) is 0. The lowest BCUT2D eigenvalue weighted by Crippen LogP contribution is -2.20. The summed E-state index contributed by atoms with van der Waals surface area (Å²) in [6.07, 6.45) is 71.5. The van der Waals surface area contributed by atoms with Gasteiger partial charge in [0.15, 0.2) is 17.3 Å². The van der Waals surface area contributed by atoms with Crippen LogP contribution in [0.1, 0.15) is 449 Å². The Morgan fingerprint density at radius 1 is 0.320 bits per heavy atom. The monoisotopic (exact) mass is 1350 g/mol. The van der Waals surface area contributed by atoms with Gasteiger partial charge in [-0.25, -0.2) is 0 Å². The Morgan fingerprint density at radius 2 is 0.567 bits per heavy atom. The SMILES string of the molecule is CCCCCCCCCCCCCCCCCC(=O)Oc1cc2oc(-c3ccc(O)cc3)c(OC(=O)CCCCCCCCCCCCCCCCC)c(=O)c2c(OC(=O)CCCCCCCCCCCCCCCCC)c1C(=O)CCCCCCCCCCCCCCCCC. The van der Waals surface area contributed by atoms with E-state index < -0.39 is 34.9 Å². The van der Waals surface area contributed by atoms with E-state index in [0.717, 1.165) is 89.9 Å². The summed E-state index contributed by atoms with van der Waals surface area (Å²) in [4.78, 5) is 72.8. The van der Waals surface area contributed by atoms with E-state index in [2.05, 4.69) is 27.7 Å². The molecule has 0 bridgehead atoms. The Bertz CT molecular complexity index is 2470. The molecule has 0 aliphatic rings. The highest BCUT2D eigenvalue weighted by atomic mass is 16.6. The Hall–Kier alpha value is -4.47. The molecule has 0 aliphatic carbocycles. The molecule has 1 N–H and O–H groups in total. The first-order chi connectivity index (χ1) is 47.6. The number of unbranched alkanes of at least 4 members (excludes halogenated alkanes) is 56. The van der Waals surface area contributed by atoms with Crippen LogP contribution in [0.25, 0.3) is 22.3 Å². The molecular formula is C87H146O10. The number of rotatable bonds is 69. The lowest BCUT2D eigenvalue weighted by atomic mass is 9.98. The van der Waals surface area contributed by atoms with Gasteiger partial charge < -0.3 is 23.7 Å². The van der Waals surface area contributed by atoms with Crippen LogP contribution in [-0.4, -0.2) is 28.8 Å². The second kappa shape index (κ2) is 61.4. The predicted octanol–water partition coefficient (Wildman–Crippen LogP) is 28.1. The molecule has 0 unspecified atom stereocenters. The third-order valence-corrected chi connectivity index (χ3v) is 20.1. The maximum atomic E-state index is 15.4. The van der Waals surface area contributed by atoms with Gasteiger partial charge in [-0.2, -0.15) is 0 Å². The number of Topliss-reactive ketones (excluding diaryl/α,β-unsaturated/α-hetero) is 1. The van der Waals surface area contributed by atoms with Crippen molar-refractivity contribution in [2.24, 2.45) is 0 Å². The zero-order chi connectivity index (χ0) is 69.7. The van der Waals surface area contributed by atoms with Gasteiger partial charge in [0, 0.05) is 37.3 Å². The van der Waals surface area contributed by atoms with Crippen LogP contribution in [0.2, 0.25) is 0 Å². The smallest absolute Gasteiger partial charge is 0.311 e. The van der Waals surface area contributed by atoms with Crippen LogP contribution in [-0.2, 0) is 14.4 Å². The van der Waals surface area contributed by atoms with Gasteiger partial charge in [0.1, 0.15) is 28.0 Å². The van der Waals surface area contributed by atoms with Crippen LogP contribution in [0, 0.1) is 0 Å². The molecule has 10 heteroatoms. The van der Waals surface area contributed by atoms with E-state index >= 15 is 9.59 Å². The number of aromatic hydroxyl groups is 1. The van der Waals surface area contributed by atoms with E-state index in [9.17, 15) is 19.5 Å². The molecule has 3 rings (SSSR count). The fourth-order valence-electron chi connectivity index (χ4n) is 13.8. The van der Waals surface area contributed by atoms with Crippen LogP contribution in [0.3, 0.4) is 0 Å². The number of fused-ring (bicyclic) bond motifs is 1. The zero-order valence-electron chi connectivity index (χ0n) is 63.3. The minimum absolute atomic E-state index is 0.0117. The Kier molecular flexibility index (Phi) is 54.9. The van der Waals surface area contributed by atoms with E-state index in [4.69, 9.17) is 18.6 Å². The summed E-state index contributed by atoms with van der Waals surface area (Å²) in [5.74, 6) is -3.11. The average Bonchev–Trinajstić information content (AvgIpc) is 0.743. The van der Waals surface area contributed by atoms with E-state index in [0.29, 0.717) is 31.2 Å². The van der Waals surface area contributed by atoms with Gasteiger partial charge in [0.2, 0.25) is 11.2 Å². The molecule has 554 valence electrons. The number of esters is 3. The molecule has 0 aliphatic heterocycles. The Labute approximate surface area is 593 Å². The molecule has 1 aromatic heterocycles. The number of phenols is 1. The first-order valence-corrected chi connectivity index (χ1v) is 41.8. The highest BCUT2D eigenvalue weighted by Crippen LogP contribution is 2.42. The van der Waals surface area contributed by atoms with Crippen LogP contribution >= 0.6 is 0 Å². The number of carbonyl (C=O) groups is 4. The van der Waals surface area contributed by atoms with Crippen molar-refractivity contribution < 1.29 is 42.9 Å². The van der Waals surface area contributed by atoms with Gasteiger partial charge >= 0.3 is 17.9 Å². The molecule has 1 heterocycles. The van der Waals surface area contributed by atoms with Gasteiger partial charge in [0.05, 0.1) is 0 Å². The number of benzene rings is 2. The van der Waals surface area contributed by atoms with E-state index in [-0.39, 0.29) is 65.2 Å². The minimum Gasteiger partial charge on any atom is -0.508 e. The highest BCUT2D eigenvalue weighted by molar-refractivity contribution is 6.08. The van der Waals surface area contributed by atoms with Crippen LogP contribution in [0.4, 0.5) is 0 Å². The molecule has 3 aromatic rings. The van der Waals surface area contributed by atoms with Crippen molar-refractivity contribution >= 4 is 34.7 Å². The average molecular weight is 1350 g/mol. The van der Waals surface area contributed by atoms with Crippen molar-refractivity contribution in [1.29, 1.82) is 0 Å². The Morgan fingerprint density at radius 3 is 0.856 bits per heavy atom. The van der Waals surface area contributed by atoms with Gasteiger partial charge in [-0.3, -0.25) is 24.0 Å². The number of phenolic OH excluding ortho intramolecular Hbond substituents is 1. The summed E-state index contributed by atoms with van der Waals surface area (Å²) in [5, 5.41) is 10.1. The van der Waals surface area contributed by atoms with Crippen molar-refractivity contribution in [3.8, 4) is 34.3 Å². The summed E-state index contributed by atoms with van der Waals surface area (Å²) >= 11 is 0. The molecule has 0 saturated carbocycles. The molecule has 2 aromatic carbocycles. The van der Waals surface area contributed by atoms with Gasteiger partial charge in [0.25, 0.3) is 0 Å². The lowest BCUT2D eigenvalue weighted by Gasteiger charge is -2.18. The topological polar surface area (TPSA) is 146 Å². The van der Waals surface area contributed by atoms with E-state index in [1.807, 2.05) is 0 Å². The quantitative estimate of drug-likeness (QED) is 0.0251. The second-order valence-corrected chi connectivity index (χ2v) is 29.2. The molecule has 0 atom stereocenters. The van der Waals surface area contributed by atoms with Gasteiger partial charge in [-0.05, 0) is 49.9 Å². The Balaban J connectivity index is 1.87. The zero-order valence-corrected chi connectivity index (χ0v) is 63.3. The second-order valence-electron chi connectivity index (χ2n) is 29.2. The van der Waals surface area contributed by atoms with Crippen molar-refractivity contribution in [3.05, 3.63) is 46.1 Å². The molecule has 0 amide bonds. The van der Waals surface area contributed by atoms with Crippen molar-refractivity contribution in [3.63, 3.8) is 0 Å². The van der Waals surface area contributed by atoms with Crippen molar-refractivity contribution in [2.45, 2.75) is 439 Å². The van der Waals surface area contributed by atoms with Gasteiger partial charge in [-0.15, -0.1) is 0 Å². The standard InChI is InChI=1S/C87H146O10/c1-5-9-13-17-21-25-29-33-37-41-45-49-53-57-61-65-76(89)82-77(94-79(90)66-62-58-54-50-46-42-38-34-30-26-22-18-14-10-6-2)73-78-83(86(82)96-80(91)67-63-59-55-51-47-43-39-35-31-27-23-19-15-11-7-3)84(93)87(85(95-78)74-69-71-75(88)72-70-74)97-81(92)68-64-60-56-52-48-44-40-36-32-28-24-20-16-12-8-4/h69-73,88H,5-68H2,1-4H3. The molecule has 0 spiro atoms. The molecule has 0 saturated heterocycles. The van der Waals surface area contributed by atoms with Crippen molar-refractivity contribution in [1.82, 2.24) is 0 Å². The third-order valence-electron chi connectivity index (χ3n) is 20.1.